The first-order chi connectivity index (χ1) is 5.47. The Bertz CT molecular complexity index is 256. The van der Waals surface area contributed by atoms with E-state index in [1.165, 1.54) is 0 Å². The smallest absolute Gasteiger partial charge is 0.148 e. The minimum atomic E-state index is 0.869. The van der Waals surface area contributed by atoms with Gasteiger partial charge in [0.1, 0.15) is 5.82 Å². The van der Waals surface area contributed by atoms with Gasteiger partial charge in [0.25, 0.3) is 0 Å². The summed E-state index contributed by atoms with van der Waals surface area (Å²) in [6.45, 7) is 0. The largest absolute Gasteiger partial charge is 0.309 e. The first-order valence-electron chi connectivity index (χ1n) is 3.35. The molecule has 0 unspecified atom stereocenters. The minimum Gasteiger partial charge on any atom is -0.309 e. The van der Waals surface area contributed by atoms with Crippen LogP contribution in [0.3, 0.4) is 0 Å². The summed E-state index contributed by atoms with van der Waals surface area (Å²) in [6.07, 6.45) is 5.42. The topological polar surface area (TPSA) is 40.2 Å². The molecule has 0 saturated heterocycles. The van der Waals surface area contributed by atoms with Crippen LogP contribution in [0.2, 0.25) is 0 Å². The van der Waals surface area contributed by atoms with Crippen molar-refractivity contribution in [3.8, 4) is 0 Å². The van der Waals surface area contributed by atoms with Crippen LogP contribution in [0.5, 0.6) is 0 Å². The van der Waals surface area contributed by atoms with Crippen molar-refractivity contribution in [2.45, 2.75) is 0 Å². The van der Waals surface area contributed by atoms with E-state index in [4.69, 9.17) is 0 Å². The number of aromatic nitrogens is 1. The number of rotatable bonds is 1. The van der Waals surface area contributed by atoms with E-state index in [9.17, 15) is 0 Å². The maximum Gasteiger partial charge on any atom is 0.148 e. The van der Waals surface area contributed by atoms with Gasteiger partial charge in [0.2, 0.25) is 0 Å². The zero-order valence-corrected chi connectivity index (χ0v) is 5.86. The highest BCUT2D eigenvalue weighted by Crippen LogP contribution is 2.07. The van der Waals surface area contributed by atoms with E-state index in [0.717, 1.165) is 5.82 Å². The Labute approximate surface area is 64.5 Å². The highest BCUT2D eigenvalue weighted by molar-refractivity contribution is 5.40. The molecule has 0 spiro atoms. The predicted octanol–water partition coefficient (Wildman–Crippen LogP) is 0.382. The summed E-state index contributed by atoms with van der Waals surface area (Å²) >= 11 is 0. The van der Waals surface area contributed by atoms with Crippen LogP contribution in [-0.2, 0) is 0 Å². The molecule has 0 atom stereocenters. The van der Waals surface area contributed by atoms with Gasteiger partial charge < -0.3 is 5.43 Å². The monoisotopic (exact) mass is 148 g/mol. The Hall–Kier alpha value is -1.55. The fourth-order valence-electron chi connectivity index (χ4n) is 0.886. The molecule has 0 aliphatic carbocycles. The molecular formula is C7H8N4. The van der Waals surface area contributed by atoms with Crippen molar-refractivity contribution in [1.82, 2.24) is 15.9 Å². The quantitative estimate of drug-likeness (QED) is 0.604. The van der Waals surface area contributed by atoms with Gasteiger partial charge in [-0.2, -0.15) is 0 Å². The Balaban J connectivity index is 2.23. The molecule has 1 aromatic heterocycles. The van der Waals surface area contributed by atoms with Crippen LogP contribution in [0.4, 0.5) is 5.82 Å². The lowest BCUT2D eigenvalue weighted by Crippen LogP contribution is -2.35. The van der Waals surface area contributed by atoms with Crippen molar-refractivity contribution in [1.29, 1.82) is 0 Å². The first-order valence-corrected chi connectivity index (χ1v) is 3.35. The fraction of sp³-hybridized carbons (Fsp3) is 0. The molecule has 1 aromatic rings. The molecule has 0 amide bonds. The Morgan fingerprint density at radius 3 is 3.00 bits per heavy atom. The zero-order chi connectivity index (χ0) is 7.52. The standard InChI is InChI=1S/C7H8N4/c1-2-4-8-7(3-1)11-6-5-9-10-11/h1-6,9-10H. The van der Waals surface area contributed by atoms with Gasteiger partial charge in [0.05, 0.1) is 0 Å². The Morgan fingerprint density at radius 1 is 1.36 bits per heavy atom. The summed E-state index contributed by atoms with van der Waals surface area (Å²) in [5.74, 6) is 0.869. The van der Waals surface area contributed by atoms with E-state index >= 15 is 0 Å². The summed E-state index contributed by atoms with van der Waals surface area (Å²) < 4.78 is 0. The van der Waals surface area contributed by atoms with Crippen molar-refractivity contribution < 1.29 is 0 Å². The Kier molecular flexibility index (Phi) is 1.46. The number of hydrogen-bond donors (Lipinski definition) is 2. The molecule has 0 bridgehead atoms. The molecule has 1 aliphatic heterocycles. The van der Waals surface area contributed by atoms with E-state index in [-0.39, 0.29) is 0 Å². The van der Waals surface area contributed by atoms with Gasteiger partial charge in [-0.05, 0) is 12.1 Å². The van der Waals surface area contributed by atoms with Crippen LogP contribution in [0.15, 0.2) is 36.8 Å². The lowest BCUT2D eigenvalue weighted by Gasteiger charge is -2.12. The van der Waals surface area contributed by atoms with Crippen LogP contribution in [-0.4, -0.2) is 4.98 Å². The molecule has 11 heavy (non-hydrogen) atoms. The number of nitrogens with zero attached hydrogens (tertiary/aromatic N) is 2. The van der Waals surface area contributed by atoms with E-state index in [0.29, 0.717) is 0 Å². The van der Waals surface area contributed by atoms with Gasteiger partial charge in [0, 0.05) is 18.6 Å². The molecule has 0 radical (unpaired) electrons. The molecule has 1 aliphatic rings. The normalized spacial score (nSPS) is 15.1. The van der Waals surface area contributed by atoms with Crippen LogP contribution >= 0.6 is 0 Å². The SMILES string of the molecule is C1=CN(c2ccccn2)NN1. The Morgan fingerprint density at radius 2 is 2.36 bits per heavy atom. The second kappa shape index (κ2) is 2.59. The van der Waals surface area contributed by atoms with Crippen molar-refractivity contribution in [3.63, 3.8) is 0 Å². The number of hydrazine groups is 2. The fourth-order valence-corrected chi connectivity index (χ4v) is 0.886. The highest BCUT2D eigenvalue weighted by Gasteiger charge is 2.04. The number of pyridine rings is 1. The van der Waals surface area contributed by atoms with E-state index < -0.39 is 0 Å². The first kappa shape index (κ1) is 6.18. The third-order valence-electron chi connectivity index (χ3n) is 1.39. The summed E-state index contributed by atoms with van der Waals surface area (Å²) in [5, 5.41) is 1.79. The maximum absolute atomic E-state index is 4.13. The molecule has 0 aromatic carbocycles. The van der Waals surface area contributed by atoms with Gasteiger partial charge >= 0.3 is 0 Å². The van der Waals surface area contributed by atoms with Crippen molar-refractivity contribution >= 4 is 5.82 Å². The van der Waals surface area contributed by atoms with E-state index in [1.54, 1.807) is 17.4 Å². The summed E-state index contributed by atoms with van der Waals surface area (Å²) in [4.78, 5) is 4.13. The average Bonchev–Trinajstić information content (AvgIpc) is 2.58. The molecule has 56 valence electrons. The van der Waals surface area contributed by atoms with Crippen molar-refractivity contribution in [2.75, 3.05) is 5.01 Å². The zero-order valence-electron chi connectivity index (χ0n) is 5.86. The number of hydrogen-bond acceptors (Lipinski definition) is 4. The molecule has 2 rings (SSSR count). The highest BCUT2D eigenvalue weighted by atomic mass is 15.7. The lowest BCUT2D eigenvalue weighted by atomic mass is 10.4. The van der Waals surface area contributed by atoms with E-state index in [2.05, 4.69) is 15.9 Å². The van der Waals surface area contributed by atoms with Gasteiger partial charge in [-0.3, -0.25) is 0 Å². The van der Waals surface area contributed by atoms with Gasteiger partial charge in [-0.1, -0.05) is 6.07 Å². The van der Waals surface area contributed by atoms with Crippen LogP contribution in [0.25, 0.3) is 0 Å². The predicted molar refractivity (Wildman–Crippen MR) is 42.1 cm³/mol. The molecule has 2 heterocycles. The average molecular weight is 148 g/mol. The van der Waals surface area contributed by atoms with Crippen molar-refractivity contribution in [2.24, 2.45) is 0 Å². The lowest BCUT2D eigenvalue weighted by molar-refractivity contribution is 0.673. The summed E-state index contributed by atoms with van der Waals surface area (Å²) in [5.41, 5.74) is 5.71. The van der Waals surface area contributed by atoms with Crippen LogP contribution in [0.1, 0.15) is 0 Å². The molecule has 2 N–H and O–H groups in total. The second-order valence-corrected chi connectivity index (χ2v) is 2.13. The third-order valence-corrected chi connectivity index (χ3v) is 1.39. The molecule has 0 saturated carbocycles. The van der Waals surface area contributed by atoms with Gasteiger partial charge in [0.15, 0.2) is 0 Å². The third kappa shape index (κ3) is 1.15. The molecule has 4 nitrogen and oxygen atoms in total. The number of anilines is 1. The van der Waals surface area contributed by atoms with Crippen LogP contribution < -0.4 is 16.0 Å². The molecular weight excluding hydrogens is 140 g/mol. The maximum atomic E-state index is 4.13. The molecule has 0 fully saturated rings. The van der Waals surface area contributed by atoms with Crippen LogP contribution in [0, 0.1) is 0 Å². The molecule has 4 heteroatoms. The summed E-state index contributed by atoms with van der Waals surface area (Å²) in [6, 6.07) is 5.75. The van der Waals surface area contributed by atoms with Gasteiger partial charge in [-0.25, -0.2) is 9.99 Å². The van der Waals surface area contributed by atoms with E-state index in [1.807, 2.05) is 24.4 Å². The van der Waals surface area contributed by atoms with Gasteiger partial charge in [-0.15, -0.1) is 5.53 Å². The van der Waals surface area contributed by atoms with Crippen molar-refractivity contribution in [3.05, 3.63) is 36.8 Å². The number of nitrogens with one attached hydrogen (secondary N) is 2. The second-order valence-electron chi connectivity index (χ2n) is 2.13. The summed E-state index contributed by atoms with van der Waals surface area (Å²) in [7, 11) is 0. The minimum absolute atomic E-state index is 0.869.